The average Bonchev–Trinajstić information content (AvgIpc) is 3.01. The zero-order valence-corrected chi connectivity index (χ0v) is 21.1. The van der Waals surface area contributed by atoms with E-state index in [0.717, 1.165) is 0 Å². The lowest BCUT2D eigenvalue weighted by Crippen LogP contribution is -2.48. The lowest BCUT2D eigenvalue weighted by Gasteiger charge is -2.26. The highest BCUT2D eigenvalue weighted by Gasteiger charge is 2.40. The van der Waals surface area contributed by atoms with Gasteiger partial charge in [-0.25, -0.2) is 4.99 Å². The van der Waals surface area contributed by atoms with Crippen LogP contribution in [-0.4, -0.2) is 49.1 Å². The number of amides is 3. The largest absolute Gasteiger partial charge is 0.495 e. The summed E-state index contributed by atoms with van der Waals surface area (Å²) in [6, 6.07) is 13.3. The first-order valence-electron chi connectivity index (χ1n) is 12.0. The SMILES string of the molecule is COc1cccc2c1NC(=O)[C@@H](NC(=O)C(CCC(F)(F)F)C(CCC(F)(F)F)C(N)=O)N=C2c1ccccc1. The summed E-state index contributed by atoms with van der Waals surface area (Å²) in [6.07, 6.45) is -16.4. The number of nitrogens with one attached hydrogen (secondary N) is 2. The number of hydrogen-bond acceptors (Lipinski definition) is 5. The number of benzene rings is 2. The van der Waals surface area contributed by atoms with Crippen LogP contribution in [0.5, 0.6) is 5.75 Å². The van der Waals surface area contributed by atoms with Gasteiger partial charge in [0, 0.05) is 35.8 Å². The summed E-state index contributed by atoms with van der Waals surface area (Å²) < 4.78 is 83.0. The minimum absolute atomic E-state index is 0.211. The van der Waals surface area contributed by atoms with Gasteiger partial charge >= 0.3 is 12.4 Å². The topological polar surface area (TPSA) is 123 Å². The third-order valence-electron chi connectivity index (χ3n) is 6.25. The molecule has 2 unspecified atom stereocenters. The van der Waals surface area contributed by atoms with Crippen LogP contribution in [0, 0.1) is 11.8 Å². The maximum atomic E-state index is 13.3. The second kappa shape index (κ2) is 12.4. The van der Waals surface area contributed by atoms with Crippen molar-refractivity contribution < 1.29 is 45.5 Å². The summed E-state index contributed by atoms with van der Waals surface area (Å²) in [5.74, 6) is -7.08. The Morgan fingerprint density at radius 2 is 1.57 bits per heavy atom. The van der Waals surface area contributed by atoms with Gasteiger partial charge in [-0.2, -0.15) is 26.3 Å². The third kappa shape index (κ3) is 7.96. The molecule has 3 atom stereocenters. The van der Waals surface area contributed by atoms with Crippen molar-refractivity contribution in [3.05, 3.63) is 59.7 Å². The Morgan fingerprint density at radius 1 is 0.975 bits per heavy atom. The van der Waals surface area contributed by atoms with Gasteiger partial charge in [0.25, 0.3) is 5.91 Å². The first kappa shape index (κ1) is 30.4. The Labute approximate surface area is 225 Å². The quantitative estimate of drug-likeness (QED) is 0.367. The molecule has 8 nitrogen and oxygen atoms in total. The van der Waals surface area contributed by atoms with Crippen molar-refractivity contribution in [3.8, 4) is 5.75 Å². The van der Waals surface area contributed by atoms with Crippen molar-refractivity contribution in [2.24, 2.45) is 22.6 Å². The van der Waals surface area contributed by atoms with E-state index in [1.165, 1.54) is 7.11 Å². The number of carbonyl (C=O) groups is 3. The summed E-state index contributed by atoms with van der Waals surface area (Å²) in [6.45, 7) is 0. The van der Waals surface area contributed by atoms with Gasteiger partial charge in [-0.3, -0.25) is 14.4 Å². The zero-order chi connectivity index (χ0) is 29.7. The van der Waals surface area contributed by atoms with E-state index < -0.39 is 73.8 Å². The molecule has 3 rings (SSSR count). The van der Waals surface area contributed by atoms with Crippen LogP contribution < -0.4 is 21.1 Å². The smallest absolute Gasteiger partial charge is 0.389 e. The molecule has 0 aromatic heterocycles. The van der Waals surface area contributed by atoms with Crippen molar-refractivity contribution in [2.75, 3.05) is 12.4 Å². The van der Waals surface area contributed by atoms with Crippen molar-refractivity contribution in [1.82, 2.24) is 5.32 Å². The number of anilines is 1. The number of primary amides is 1. The molecule has 0 fully saturated rings. The molecule has 40 heavy (non-hydrogen) atoms. The van der Waals surface area contributed by atoms with Gasteiger partial charge in [-0.15, -0.1) is 0 Å². The van der Waals surface area contributed by atoms with Gasteiger partial charge in [0.2, 0.25) is 18.0 Å². The summed E-state index contributed by atoms with van der Waals surface area (Å²) in [4.78, 5) is 42.8. The molecule has 2 aromatic rings. The number of rotatable bonds is 10. The number of carbonyl (C=O) groups excluding carboxylic acids is 3. The van der Waals surface area contributed by atoms with E-state index in [9.17, 15) is 40.7 Å². The van der Waals surface area contributed by atoms with Gasteiger partial charge in [0.05, 0.1) is 18.5 Å². The first-order chi connectivity index (χ1) is 18.7. The normalized spacial score (nSPS) is 17.0. The molecule has 1 heterocycles. The van der Waals surface area contributed by atoms with Crippen LogP contribution in [0.2, 0.25) is 0 Å². The number of aliphatic imine (C=N–C) groups is 1. The molecular weight excluding hydrogens is 546 g/mol. The zero-order valence-electron chi connectivity index (χ0n) is 21.1. The van der Waals surface area contributed by atoms with E-state index in [1.54, 1.807) is 48.5 Å². The fourth-order valence-corrected chi connectivity index (χ4v) is 4.34. The van der Waals surface area contributed by atoms with E-state index in [1.807, 2.05) is 0 Å². The minimum Gasteiger partial charge on any atom is -0.495 e. The Kier molecular flexibility index (Phi) is 9.43. The highest BCUT2D eigenvalue weighted by molar-refractivity contribution is 6.20. The molecule has 1 aliphatic rings. The Morgan fingerprint density at radius 3 is 2.12 bits per heavy atom. The highest BCUT2D eigenvalue weighted by atomic mass is 19.4. The van der Waals surface area contributed by atoms with Crippen LogP contribution in [0.1, 0.15) is 36.8 Å². The Bertz CT molecular complexity index is 1260. The number of methoxy groups -OCH3 is 1. The van der Waals surface area contributed by atoms with Crippen LogP contribution in [0.4, 0.5) is 32.0 Å². The monoisotopic (exact) mass is 572 g/mol. The highest BCUT2D eigenvalue weighted by Crippen LogP contribution is 2.34. The van der Waals surface area contributed by atoms with Gasteiger partial charge in [0.1, 0.15) is 5.75 Å². The maximum Gasteiger partial charge on any atom is 0.389 e. The Balaban J connectivity index is 2.01. The van der Waals surface area contributed by atoms with Crippen molar-refractivity contribution in [2.45, 2.75) is 44.2 Å². The fraction of sp³-hybridized carbons (Fsp3) is 0.385. The average molecular weight is 573 g/mol. The number of ether oxygens (including phenoxy) is 1. The molecule has 1 aliphatic heterocycles. The number of nitrogens with zero attached hydrogens (tertiary/aromatic N) is 1. The maximum absolute atomic E-state index is 13.3. The lowest BCUT2D eigenvalue weighted by atomic mass is 9.83. The van der Waals surface area contributed by atoms with Gasteiger partial charge < -0.3 is 21.1 Å². The van der Waals surface area contributed by atoms with E-state index in [2.05, 4.69) is 15.6 Å². The molecule has 0 saturated carbocycles. The summed E-state index contributed by atoms with van der Waals surface area (Å²) in [7, 11) is 1.36. The predicted molar refractivity (Wildman–Crippen MR) is 132 cm³/mol. The molecule has 2 aromatic carbocycles. The summed E-state index contributed by atoms with van der Waals surface area (Å²) in [5, 5.41) is 4.79. The van der Waals surface area contributed by atoms with Crippen LogP contribution in [0.15, 0.2) is 53.5 Å². The number of halogens is 6. The molecule has 0 radical (unpaired) electrons. The minimum atomic E-state index is -4.78. The standard InChI is InChI=1S/C26H26F6N4O4/c1-40-18-9-5-8-17-19(14-6-3-2-4-7-14)34-22(24(39)35-20(17)18)36-23(38)16(11-13-26(30,31)32)15(21(33)37)10-12-25(27,28)29/h2-9,15-16,22H,10-13H2,1H3,(H2,33,37)(H,35,39)(H,36,38)/t15?,16?,22-/m1/s1. The number of nitrogens with two attached hydrogens (primary N) is 1. The van der Waals surface area contributed by atoms with Crippen LogP contribution in [0.3, 0.4) is 0 Å². The second-order valence-electron chi connectivity index (χ2n) is 9.05. The van der Waals surface area contributed by atoms with E-state index in [-0.39, 0.29) is 17.1 Å². The Hall–Kier alpha value is -4.10. The van der Waals surface area contributed by atoms with Crippen molar-refractivity contribution in [1.29, 1.82) is 0 Å². The lowest BCUT2D eigenvalue weighted by molar-refractivity contribution is -0.152. The molecule has 0 spiro atoms. The number of para-hydroxylation sites is 1. The van der Waals surface area contributed by atoms with Crippen LogP contribution in [0.25, 0.3) is 0 Å². The van der Waals surface area contributed by atoms with Crippen LogP contribution in [-0.2, 0) is 14.4 Å². The van der Waals surface area contributed by atoms with Crippen molar-refractivity contribution >= 4 is 29.1 Å². The molecule has 216 valence electrons. The fourth-order valence-electron chi connectivity index (χ4n) is 4.34. The summed E-state index contributed by atoms with van der Waals surface area (Å²) in [5.41, 5.74) is 6.58. The van der Waals surface area contributed by atoms with E-state index in [4.69, 9.17) is 10.5 Å². The second-order valence-corrected chi connectivity index (χ2v) is 9.05. The van der Waals surface area contributed by atoms with E-state index >= 15 is 0 Å². The molecule has 0 saturated heterocycles. The molecule has 0 bridgehead atoms. The predicted octanol–water partition coefficient (Wildman–Crippen LogP) is 4.33. The third-order valence-corrected chi connectivity index (χ3v) is 6.25. The van der Waals surface area contributed by atoms with Crippen molar-refractivity contribution in [3.63, 3.8) is 0 Å². The van der Waals surface area contributed by atoms with E-state index in [0.29, 0.717) is 11.1 Å². The number of benzodiazepines with no additional fused rings is 1. The van der Waals surface area contributed by atoms with Gasteiger partial charge in [0.15, 0.2) is 0 Å². The van der Waals surface area contributed by atoms with Gasteiger partial charge in [-0.05, 0) is 18.9 Å². The molecule has 0 aliphatic carbocycles. The summed E-state index contributed by atoms with van der Waals surface area (Å²) >= 11 is 0. The number of hydrogen-bond donors (Lipinski definition) is 3. The number of fused-ring (bicyclic) bond motifs is 1. The number of alkyl halides is 6. The molecule has 4 N–H and O–H groups in total. The molecular formula is C26H26F6N4O4. The van der Waals surface area contributed by atoms with Crippen LogP contribution >= 0.6 is 0 Å². The first-order valence-corrected chi connectivity index (χ1v) is 12.0. The molecule has 14 heteroatoms. The molecule has 3 amide bonds. The van der Waals surface area contributed by atoms with Gasteiger partial charge in [-0.1, -0.05) is 42.5 Å².